The van der Waals surface area contributed by atoms with Gasteiger partial charge in [0.1, 0.15) is 12.0 Å². The van der Waals surface area contributed by atoms with E-state index >= 15 is 0 Å². The first-order valence-electron chi connectivity index (χ1n) is 7.86. The molecule has 0 amide bonds. The Morgan fingerprint density at radius 3 is 1.60 bits per heavy atom. The van der Waals surface area contributed by atoms with E-state index in [4.69, 9.17) is 0 Å². The van der Waals surface area contributed by atoms with Gasteiger partial charge in [0.2, 0.25) is 0 Å². The molecule has 0 N–H and O–H groups in total. The van der Waals surface area contributed by atoms with E-state index in [9.17, 15) is 53.4 Å². The normalized spacial score (nSPS) is 22.3. The Labute approximate surface area is 168 Å². The molecule has 0 heterocycles. The van der Waals surface area contributed by atoms with Crippen LogP contribution in [0.1, 0.15) is 25.7 Å². The van der Waals surface area contributed by atoms with Crippen molar-refractivity contribution in [3.63, 3.8) is 0 Å². The molecule has 0 aliphatic heterocycles. The van der Waals surface area contributed by atoms with Crippen LogP contribution in [0.5, 0.6) is 0 Å². The number of halogens is 8. The maximum atomic E-state index is 13.3. The molecule has 1 rings (SSSR count). The second-order valence-electron chi connectivity index (χ2n) is 6.25. The van der Waals surface area contributed by atoms with Crippen molar-refractivity contribution < 1.29 is 72.2 Å². The summed E-state index contributed by atoms with van der Waals surface area (Å²) in [4.78, 5) is 0. The van der Waals surface area contributed by atoms with Crippen LogP contribution in [0.2, 0.25) is 0 Å². The third-order valence-electron chi connectivity index (χ3n) is 4.13. The lowest BCUT2D eigenvalue weighted by Gasteiger charge is -2.32. The molecule has 0 bridgehead atoms. The van der Waals surface area contributed by atoms with E-state index in [-0.39, 0.29) is 25.7 Å². The molecule has 1 fully saturated rings. The van der Waals surface area contributed by atoms with Crippen molar-refractivity contribution in [2.45, 2.75) is 48.4 Å². The molecule has 0 aromatic carbocycles. The highest BCUT2D eigenvalue weighted by molar-refractivity contribution is 7.95. The molecule has 0 aromatic rings. The van der Waals surface area contributed by atoms with Gasteiger partial charge in [-0.2, -0.15) is 39.5 Å². The van der Waals surface area contributed by atoms with E-state index in [1.165, 1.54) is 0 Å². The largest absolute Gasteiger partial charge is 0.743 e. The predicted molar refractivity (Wildman–Crippen MR) is 76.6 cm³/mol. The maximum absolute atomic E-state index is 13.3. The quantitative estimate of drug-likeness (QED) is 0.131. The van der Waals surface area contributed by atoms with Gasteiger partial charge in [-0.25, -0.2) is 8.42 Å². The smallest absolute Gasteiger partial charge is 0.433 e. The zero-order valence-corrected chi connectivity index (χ0v) is 16.1. The van der Waals surface area contributed by atoms with Crippen LogP contribution in [0.15, 0.2) is 0 Å². The fraction of sp³-hybridized carbons (Fsp3) is 1.00. The molecule has 0 saturated heterocycles. The zero-order valence-electron chi connectivity index (χ0n) is 14.5. The minimum Gasteiger partial charge on any atom is -0.743 e. The first-order chi connectivity index (χ1) is 13.5. The summed E-state index contributed by atoms with van der Waals surface area (Å²) in [6, 6.07) is 0. The molecule has 18 heteroatoms. The van der Waals surface area contributed by atoms with Gasteiger partial charge in [-0.1, -0.05) is 0 Å². The third kappa shape index (κ3) is 6.75. The molecular formula is C12H14F8O8S2-2. The summed E-state index contributed by atoms with van der Waals surface area (Å²) >= 11 is -1.27. The van der Waals surface area contributed by atoms with E-state index < -0.39 is 69.9 Å². The fourth-order valence-electron chi connectivity index (χ4n) is 2.43. The lowest BCUT2D eigenvalue weighted by atomic mass is 9.83. The van der Waals surface area contributed by atoms with E-state index in [2.05, 4.69) is 18.8 Å². The van der Waals surface area contributed by atoms with Gasteiger partial charge in [0.25, 0.3) is 0 Å². The molecule has 0 spiro atoms. The molecular weight excluding hydrogens is 488 g/mol. The van der Waals surface area contributed by atoms with Gasteiger partial charge in [-0.15, -0.1) is 0 Å². The van der Waals surface area contributed by atoms with Crippen molar-refractivity contribution in [3.8, 4) is 0 Å². The van der Waals surface area contributed by atoms with Gasteiger partial charge < -0.3 is 19.3 Å². The molecule has 1 saturated carbocycles. The summed E-state index contributed by atoms with van der Waals surface area (Å²) in [7, 11) is -6.70. The first kappa shape index (κ1) is 27.5. The molecule has 0 unspecified atom stereocenters. The van der Waals surface area contributed by atoms with E-state index in [0.29, 0.717) is 0 Å². The molecule has 180 valence electrons. The molecule has 8 nitrogen and oxygen atoms in total. The number of alkyl halides is 8. The summed E-state index contributed by atoms with van der Waals surface area (Å²) in [5.74, 6) is -1.55. The van der Waals surface area contributed by atoms with Crippen molar-refractivity contribution in [2.24, 2.45) is 11.8 Å². The maximum Gasteiger partial charge on any atom is 0.433 e. The number of ether oxygens (including phenoxy) is 2. The SMILES string of the molecule is O=S(=O)([O-])C(F)(F)C(F)(F)OCC1CCC(COC(F)(F)C(F)(F)SOO[O-])CC1. The van der Waals surface area contributed by atoms with Crippen LogP contribution in [-0.4, -0.2) is 48.9 Å². The first-order valence-corrected chi connectivity index (χ1v) is 10.0. The Bertz CT molecular complexity index is 655. The standard InChI is InChI=1S/C12H16F8O8S2/c13-9(14,11(17,18)29-28-27-21)25-5-7-1-3-8(4-2-7)6-26-10(15,16)12(19,20)30(22,23)24/h7-8,21H,1-6H2,(H,22,23,24)/p-2. The molecule has 0 atom stereocenters. The Morgan fingerprint density at radius 1 is 0.833 bits per heavy atom. The van der Waals surface area contributed by atoms with Crippen molar-refractivity contribution >= 4 is 22.2 Å². The van der Waals surface area contributed by atoms with E-state index in [0.717, 1.165) is 0 Å². The molecule has 0 aromatic heterocycles. The van der Waals surface area contributed by atoms with Gasteiger partial charge in [-0.3, -0.25) is 5.04 Å². The van der Waals surface area contributed by atoms with Crippen molar-refractivity contribution in [1.82, 2.24) is 0 Å². The monoisotopic (exact) mass is 502 g/mol. The van der Waals surface area contributed by atoms with Gasteiger partial charge in [0.05, 0.1) is 13.2 Å². The Balaban J connectivity index is 2.49. The predicted octanol–water partition coefficient (Wildman–Crippen LogP) is 2.61. The van der Waals surface area contributed by atoms with Gasteiger partial charge >= 0.3 is 22.7 Å². The Kier molecular flexibility index (Phi) is 9.15. The number of hydrogen-bond donors (Lipinski definition) is 0. The second kappa shape index (κ2) is 9.97. The molecule has 0 radical (unpaired) electrons. The second-order valence-corrected chi connectivity index (χ2v) is 8.49. The van der Waals surface area contributed by atoms with Crippen LogP contribution in [0, 0.1) is 11.8 Å². The lowest BCUT2D eigenvalue weighted by Crippen LogP contribution is -2.49. The highest BCUT2D eigenvalue weighted by Crippen LogP contribution is 2.45. The van der Waals surface area contributed by atoms with Crippen molar-refractivity contribution in [3.05, 3.63) is 0 Å². The van der Waals surface area contributed by atoms with Crippen LogP contribution in [-0.2, 0) is 29.0 Å². The van der Waals surface area contributed by atoms with E-state index in [1.807, 2.05) is 0 Å². The van der Waals surface area contributed by atoms with Crippen LogP contribution in [0.25, 0.3) is 0 Å². The number of hydrogen-bond acceptors (Lipinski definition) is 9. The summed E-state index contributed by atoms with van der Waals surface area (Å²) < 4.78 is 147. The van der Waals surface area contributed by atoms with Crippen molar-refractivity contribution in [1.29, 1.82) is 0 Å². The van der Waals surface area contributed by atoms with Crippen LogP contribution >= 0.6 is 12.0 Å². The van der Waals surface area contributed by atoms with Crippen LogP contribution in [0.3, 0.4) is 0 Å². The van der Waals surface area contributed by atoms with Crippen molar-refractivity contribution in [2.75, 3.05) is 13.2 Å². The molecule has 1 aliphatic carbocycles. The minimum atomic E-state index is -6.70. The highest BCUT2D eigenvalue weighted by Gasteiger charge is 2.64. The Morgan fingerprint density at radius 2 is 1.23 bits per heavy atom. The summed E-state index contributed by atoms with van der Waals surface area (Å²) in [6.07, 6.45) is -10.8. The minimum absolute atomic E-state index is 0.0230. The van der Waals surface area contributed by atoms with Gasteiger partial charge in [-0.05, 0) is 37.5 Å². The average molecular weight is 502 g/mol. The summed E-state index contributed by atoms with van der Waals surface area (Å²) in [6.45, 7) is -1.96. The van der Waals surface area contributed by atoms with Crippen LogP contribution in [0.4, 0.5) is 35.1 Å². The Hall–Kier alpha value is -0.500. The molecule has 30 heavy (non-hydrogen) atoms. The molecule has 1 aliphatic rings. The van der Waals surface area contributed by atoms with E-state index in [1.54, 1.807) is 0 Å². The van der Waals surface area contributed by atoms with Crippen LogP contribution < -0.4 is 5.26 Å². The number of rotatable bonds is 12. The zero-order chi connectivity index (χ0) is 23.4. The highest BCUT2D eigenvalue weighted by atomic mass is 32.2. The van der Waals surface area contributed by atoms with Gasteiger partial charge in [0, 0.05) is 0 Å². The summed E-state index contributed by atoms with van der Waals surface area (Å²) in [5.41, 5.74) is 0. The third-order valence-corrected chi connectivity index (χ3v) is 5.56. The average Bonchev–Trinajstić information content (AvgIpc) is 2.62. The fourth-order valence-corrected chi connectivity index (χ4v) is 3.05. The van der Waals surface area contributed by atoms with Gasteiger partial charge in [0.15, 0.2) is 10.1 Å². The topological polar surface area (TPSA) is 117 Å². The summed E-state index contributed by atoms with van der Waals surface area (Å²) in [5, 5.41) is 1.03. The lowest BCUT2D eigenvalue weighted by molar-refractivity contribution is -0.777.